The summed E-state index contributed by atoms with van der Waals surface area (Å²) in [5, 5.41) is 10.1. The zero-order valence-corrected chi connectivity index (χ0v) is 14.6. The third-order valence-corrected chi connectivity index (χ3v) is 4.89. The lowest BCUT2D eigenvalue weighted by molar-refractivity contribution is -0.0498. The van der Waals surface area contributed by atoms with E-state index in [0.29, 0.717) is 28.7 Å². The molecule has 2 aliphatic heterocycles. The molecule has 2 N–H and O–H groups in total. The van der Waals surface area contributed by atoms with Gasteiger partial charge in [0.25, 0.3) is 5.91 Å². The molecule has 9 heteroatoms. The Balaban J connectivity index is 0.00000196. The second-order valence-corrected chi connectivity index (χ2v) is 6.45. The highest BCUT2D eigenvalue weighted by Crippen LogP contribution is 2.30. The number of likely N-dealkylation sites (tertiary alicyclic amines) is 1. The molecular formula is C17H19ClF2N4O2. The Labute approximate surface area is 155 Å². The number of aromatic amines is 1. The Morgan fingerprint density at radius 2 is 2.00 bits per heavy atom. The van der Waals surface area contributed by atoms with Gasteiger partial charge in [-0.2, -0.15) is 13.9 Å². The average Bonchev–Trinajstić information content (AvgIpc) is 3.29. The zero-order valence-electron chi connectivity index (χ0n) is 13.8. The molecule has 1 aromatic carbocycles. The molecule has 0 aliphatic carbocycles. The van der Waals surface area contributed by atoms with E-state index in [2.05, 4.69) is 20.3 Å². The van der Waals surface area contributed by atoms with Crippen LogP contribution < -0.4 is 10.1 Å². The third-order valence-electron chi connectivity index (χ3n) is 4.89. The van der Waals surface area contributed by atoms with Crippen LogP contribution in [0.15, 0.2) is 30.5 Å². The van der Waals surface area contributed by atoms with Gasteiger partial charge < -0.3 is 15.0 Å². The molecular weight excluding hydrogens is 366 g/mol. The van der Waals surface area contributed by atoms with E-state index in [-0.39, 0.29) is 24.1 Å². The Kier molecular flexibility index (Phi) is 5.43. The second-order valence-electron chi connectivity index (χ2n) is 6.45. The number of H-pyrrole nitrogens is 1. The number of rotatable bonds is 4. The molecule has 1 aromatic heterocycles. The van der Waals surface area contributed by atoms with E-state index in [1.807, 2.05) is 4.90 Å². The molecule has 6 nitrogen and oxygen atoms in total. The van der Waals surface area contributed by atoms with E-state index in [1.54, 1.807) is 12.1 Å². The SMILES string of the molecule is Cl.O=C(c1cn[nH]c1-c1cccc(OC(F)F)c1)N1C[C@H]2CNC[C@H]2C1. The summed E-state index contributed by atoms with van der Waals surface area (Å²) in [6.07, 6.45) is 1.49. The van der Waals surface area contributed by atoms with E-state index < -0.39 is 6.61 Å². The van der Waals surface area contributed by atoms with Crippen molar-refractivity contribution in [1.29, 1.82) is 0 Å². The maximum Gasteiger partial charge on any atom is 0.387 e. The highest BCUT2D eigenvalue weighted by molar-refractivity contribution is 6.00. The maximum absolute atomic E-state index is 12.9. The van der Waals surface area contributed by atoms with Crippen LogP contribution in [0.1, 0.15) is 10.4 Å². The molecule has 2 aromatic rings. The zero-order chi connectivity index (χ0) is 17.4. The number of benzene rings is 1. The van der Waals surface area contributed by atoms with Crippen LogP contribution in [0.4, 0.5) is 8.78 Å². The third kappa shape index (κ3) is 3.52. The minimum Gasteiger partial charge on any atom is -0.435 e. The number of ether oxygens (including phenoxy) is 1. The fourth-order valence-electron chi connectivity index (χ4n) is 3.69. The van der Waals surface area contributed by atoms with E-state index in [0.717, 1.165) is 26.2 Å². The minimum absolute atomic E-state index is 0. The second kappa shape index (κ2) is 7.59. The largest absolute Gasteiger partial charge is 0.435 e. The molecule has 3 heterocycles. The van der Waals surface area contributed by atoms with Crippen molar-refractivity contribution in [1.82, 2.24) is 20.4 Å². The summed E-state index contributed by atoms with van der Waals surface area (Å²) in [6, 6.07) is 6.25. The van der Waals surface area contributed by atoms with Crippen molar-refractivity contribution in [3.63, 3.8) is 0 Å². The number of alkyl halides is 2. The lowest BCUT2D eigenvalue weighted by Crippen LogP contribution is -2.31. The van der Waals surface area contributed by atoms with Gasteiger partial charge in [-0.15, -0.1) is 12.4 Å². The normalized spacial score (nSPS) is 21.6. The van der Waals surface area contributed by atoms with Gasteiger partial charge in [0, 0.05) is 31.7 Å². The number of halogens is 3. The Morgan fingerprint density at radius 3 is 2.69 bits per heavy atom. The number of hydrogen-bond donors (Lipinski definition) is 2. The number of carbonyl (C=O) groups is 1. The fraction of sp³-hybridized carbons (Fsp3) is 0.412. The van der Waals surface area contributed by atoms with Crippen molar-refractivity contribution < 1.29 is 18.3 Å². The van der Waals surface area contributed by atoms with Gasteiger partial charge in [0.05, 0.1) is 17.5 Å². The van der Waals surface area contributed by atoms with Gasteiger partial charge in [0.1, 0.15) is 5.75 Å². The Bertz CT molecular complexity index is 774. The van der Waals surface area contributed by atoms with E-state index in [9.17, 15) is 13.6 Å². The standard InChI is InChI=1S/C17H18F2N4O2.ClH/c18-17(19)25-13-3-1-2-10(4-13)15-14(7-21-22-15)16(24)23-8-11-5-20-6-12(11)9-23;/h1-4,7,11-12,17,20H,5-6,8-9H2,(H,21,22);1H/t11-,12+;. The molecule has 4 rings (SSSR count). The number of nitrogens with one attached hydrogen (secondary N) is 2. The van der Waals surface area contributed by atoms with E-state index >= 15 is 0 Å². The Morgan fingerprint density at radius 1 is 1.27 bits per heavy atom. The molecule has 0 radical (unpaired) electrons. The molecule has 0 spiro atoms. The van der Waals surface area contributed by atoms with Crippen molar-refractivity contribution in [3.05, 3.63) is 36.0 Å². The van der Waals surface area contributed by atoms with Gasteiger partial charge in [-0.1, -0.05) is 12.1 Å². The van der Waals surface area contributed by atoms with Crippen molar-refractivity contribution in [3.8, 4) is 17.0 Å². The number of fused-ring (bicyclic) bond motifs is 1. The van der Waals surface area contributed by atoms with Crippen molar-refractivity contribution in [2.45, 2.75) is 6.61 Å². The van der Waals surface area contributed by atoms with Crippen molar-refractivity contribution >= 4 is 18.3 Å². The summed E-state index contributed by atoms with van der Waals surface area (Å²) >= 11 is 0. The van der Waals surface area contributed by atoms with Gasteiger partial charge in [0.15, 0.2) is 0 Å². The number of amides is 1. The summed E-state index contributed by atoms with van der Waals surface area (Å²) in [6.45, 7) is 0.459. The predicted molar refractivity (Wildman–Crippen MR) is 93.7 cm³/mol. The van der Waals surface area contributed by atoms with Crippen LogP contribution >= 0.6 is 12.4 Å². The molecule has 26 heavy (non-hydrogen) atoms. The van der Waals surface area contributed by atoms with E-state index in [4.69, 9.17) is 0 Å². The van der Waals surface area contributed by atoms with Gasteiger partial charge in [0.2, 0.25) is 0 Å². The predicted octanol–water partition coefficient (Wildman–Crippen LogP) is 2.39. The van der Waals surface area contributed by atoms with Crippen LogP contribution in [-0.2, 0) is 0 Å². The molecule has 0 unspecified atom stereocenters. The fourth-order valence-corrected chi connectivity index (χ4v) is 3.69. The molecule has 1 amide bonds. The average molecular weight is 385 g/mol. The summed E-state index contributed by atoms with van der Waals surface area (Å²) in [5.41, 5.74) is 1.54. The molecule has 140 valence electrons. The highest BCUT2D eigenvalue weighted by Gasteiger charge is 2.39. The van der Waals surface area contributed by atoms with Crippen LogP contribution in [0.2, 0.25) is 0 Å². The lowest BCUT2D eigenvalue weighted by Gasteiger charge is -2.17. The first-order chi connectivity index (χ1) is 12.1. The summed E-state index contributed by atoms with van der Waals surface area (Å²) in [4.78, 5) is 14.7. The van der Waals surface area contributed by atoms with Crippen molar-refractivity contribution in [2.24, 2.45) is 11.8 Å². The quantitative estimate of drug-likeness (QED) is 0.849. The number of nitrogens with zero attached hydrogens (tertiary/aromatic N) is 2. The van der Waals surface area contributed by atoms with Crippen LogP contribution in [0.5, 0.6) is 5.75 Å². The smallest absolute Gasteiger partial charge is 0.387 e. The molecule has 0 saturated carbocycles. The topological polar surface area (TPSA) is 70.2 Å². The first-order valence-corrected chi connectivity index (χ1v) is 8.20. The number of hydrogen-bond acceptors (Lipinski definition) is 4. The Hall–Kier alpha value is -2.19. The molecule has 0 bridgehead atoms. The van der Waals surface area contributed by atoms with Gasteiger partial charge in [-0.3, -0.25) is 9.89 Å². The van der Waals surface area contributed by atoms with Crippen LogP contribution in [0, 0.1) is 11.8 Å². The minimum atomic E-state index is -2.89. The number of aromatic nitrogens is 2. The molecule has 2 aliphatic rings. The van der Waals surface area contributed by atoms with Gasteiger partial charge in [-0.05, 0) is 24.0 Å². The molecule has 2 atom stereocenters. The summed E-state index contributed by atoms with van der Waals surface area (Å²) in [5.74, 6) is 0.963. The van der Waals surface area contributed by atoms with Gasteiger partial charge in [-0.25, -0.2) is 0 Å². The van der Waals surface area contributed by atoms with Gasteiger partial charge >= 0.3 is 6.61 Å². The summed E-state index contributed by atoms with van der Waals surface area (Å²) in [7, 11) is 0. The molecule has 2 fully saturated rings. The lowest BCUT2D eigenvalue weighted by atomic mass is 10.0. The summed E-state index contributed by atoms with van der Waals surface area (Å²) < 4.78 is 29.3. The van der Waals surface area contributed by atoms with Crippen molar-refractivity contribution in [2.75, 3.05) is 26.2 Å². The van der Waals surface area contributed by atoms with Crippen LogP contribution in [-0.4, -0.2) is 53.8 Å². The number of carbonyl (C=O) groups excluding carboxylic acids is 1. The van der Waals surface area contributed by atoms with E-state index in [1.165, 1.54) is 18.3 Å². The van der Waals surface area contributed by atoms with Crippen LogP contribution in [0.25, 0.3) is 11.3 Å². The maximum atomic E-state index is 12.9. The first-order valence-electron chi connectivity index (χ1n) is 8.20. The van der Waals surface area contributed by atoms with Crippen LogP contribution in [0.3, 0.4) is 0 Å². The molecule has 2 saturated heterocycles. The monoisotopic (exact) mass is 384 g/mol. The highest BCUT2D eigenvalue weighted by atomic mass is 35.5. The first kappa shape index (κ1) is 18.6.